The molecule has 486 valence electrons. The number of hydrogen-bond donors (Lipinski definition) is 0. The van der Waals surface area contributed by atoms with Crippen LogP contribution in [0.15, 0.2) is 314 Å². The summed E-state index contributed by atoms with van der Waals surface area (Å²) >= 11 is -5.08. The minimum atomic E-state index is -5.08. The van der Waals surface area contributed by atoms with Gasteiger partial charge in [0.1, 0.15) is 0 Å². The summed E-state index contributed by atoms with van der Waals surface area (Å²) in [4.78, 5) is 0. The van der Waals surface area contributed by atoms with Crippen molar-refractivity contribution in [1.29, 1.82) is 0 Å². The molecule has 0 bridgehead atoms. The second kappa shape index (κ2) is 26.1. The molecule has 18 rings (SSSR count). The quantitative estimate of drug-likeness (QED) is 0.0752. The van der Waals surface area contributed by atoms with Crippen LogP contribution in [0.1, 0.15) is 92.0 Å². The molecule has 0 amide bonds. The first-order valence-electron chi connectivity index (χ1n) is 35.6. The van der Waals surface area contributed by atoms with Crippen LogP contribution >= 0.6 is 0 Å². The van der Waals surface area contributed by atoms with Crippen molar-refractivity contribution in [1.82, 2.24) is 0 Å². The van der Waals surface area contributed by atoms with Gasteiger partial charge in [-0.25, -0.2) is 0 Å². The molecule has 0 aliphatic heterocycles. The smallest absolute Gasteiger partial charge is 1.00 e. The molecule has 0 radical (unpaired) electrons. The maximum atomic E-state index is 2.96. The molecule has 4 atom stereocenters. The van der Waals surface area contributed by atoms with Crippen molar-refractivity contribution in [3.05, 3.63) is 348 Å². The molecule has 2 aliphatic rings. The van der Waals surface area contributed by atoms with E-state index < -0.39 is 17.4 Å². The van der Waals surface area contributed by atoms with Crippen LogP contribution in [-0.2, 0) is 17.4 Å². The summed E-state index contributed by atoms with van der Waals surface area (Å²) in [6, 6.07) is 117. The van der Waals surface area contributed by atoms with E-state index in [1.165, 1.54) is 164 Å². The summed E-state index contributed by atoms with van der Waals surface area (Å²) in [6.07, 6.45) is 9.61. The van der Waals surface area contributed by atoms with Gasteiger partial charge in [0, 0.05) is 0 Å². The Morgan fingerprint density at radius 2 is 0.510 bits per heavy atom. The van der Waals surface area contributed by atoms with E-state index in [1.54, 1.807) is 11.1 Å². The fourth-order valence-electron chi connectivity index (χ4n) is 18.9. The van der Waals surface area contributed by atoms with Gasteiger partial charge in [0.05, 0.1) is 0 Å². The molecule has 4 unspecified atom stereocenters. The third-order valence-corrected chi connectivity index (χ3v) is 40.5. The van der Waals surface area contributed by atoms with E-state index in [0.29, 0.717) is 11.8 Å². The number of fused-ring (bicyclic) bond motifs is 10. The third kappa shape index (κ3) is 10.7. The molecule has 0 heterocycles. The Labute approximate surface area is 602 Å². The van der Waals surface area contributed by atoms with Gasteiger partial charge in [-0.05, 0) is 0 Å². The van der Waals surface area contributed by atoms with E-state index in [1.807, 2.05) is 0 Å². The number of hydrogen-bond acceptors (Lipinski definition) is 0. The molecule has 2 aliphatic carbocycles. The Kier molecular flexibility index (Phi) is 17.0. The summed E-state index contributed by atoms with van der Waals surface area (Å²) in [5.74, 6) is 0.600. The SMILES string of the molecule is CCC(CC1=Cc2c(-c3c4ccccc4cc4ccccc34)ccc(-c3c4ccccc4cc4ccccc34)c2[CH]1[Zr]([CH3])([CH3])(=[SiH2])[CH]1C(CC(CC)c2ccccc2)=Cc2c(-c3c4ccccc4cc4ccccc34)ccc(-c3c4ccccc4cc4ccccc34)c21)c1ccccc1.[Cl-].[Cl-]. The monoisotopic (exact) mass is 1420 g/mol. The summed E-state index contributed by atoms with van der Waals surface area (Å²) in [6.45, 7) is 7.45. The zero-order valence-electron chi connectivity index (χ0n) is 57.1. The first-order chi connectivity index (χ1) is 48.1. The summed E-state index contributed by atoms with van der Waals surface area (Å²) in [7, 11) is 0. The Morgan fingerprint density at radius 1 is 0.290 bits per heavy atom. The maximum absolute atomic E-state index is 5.08. The molecule has 4 heteroatoms. The Hall–Kier alpha value is -9.24. The minimum Gasteiger partial charge on any atom is -1.00 e. The minimum absolute atomic E-state index is 0. The van der Waals surface area contributed by atoms with Crippen LogP contribution in [-0.4, -0.2) is 6.88 Å². The molecule has 100 heavy (non-hydrogen) atoms. The van der Waals surface area contributed by atoms with E-state index in [9.17, 15) is 0 Å². The van der Waals surface area contributed by atoms with Crippen molar-refractivity contribution in [2.24, 2.45) is 0 Å². The van der Waals surface area contributed by atoms with Gasteiger partial charge < -0.3 is 24.8 Å². The first kappa shape index (κ1) is 65.4. The van der Waals surface area contributed by atoms with Crippen LogP contribution in [0.3, 0.4) is 0 Å². The normalized spacial score (nSPS) is 15.1. The second-order valence-corrected chi connectivity index (χ2v) is 59.9. The Bertz CT molecular complexity index is 5510. The number of benzene rings is 16. The van der Waals surface area contributed by atoms with Crippen LogP contribution in [0.25, 0.3) is 143 Å². The fraction of sp³-hybridized carbons (Fsp3) is 0.125. The first-order valence-corrected chi connectivity index (χ1v) is 49.3. The predicted molar refractivity (Wildman–Crippen MR) is 425 cm³/mol. The molecule has 16 aromatic rings. The summed E-state index contributed by atoms with van der Waals surface area (Å²) in [5, 5.41) is 20.6. The van der Waals surface area contributed by atoms with Crippen molar-refractivity contribution in [2.45, 2.75) is 67.9 Å². The molecule has 16 aromatic carbocycles. The molecule has 0 N–H and O–H groups in total. The van der Waals surface area contributed by atoms with Gasteiger partial charge in [-0.15, -0.1) is 0 Å². The van der Waals surface area contributed by atoms with Gasteiger partial charge in [0.2, 0.25) is 0 Å². The van der Waals surface area contributed by atoms with E-state index in [2.05, 4.69) is 345 Å². The van der Waals surface area contributed by atoms with Crippen molar-refractivity contribution in [2.75, 3.05) is 0 Å². The van der Waals surface area contributed by atoms with Gasteiger partial charge in [-0.3, -0.25) is 0 Å². The molecular formula is C96H78Cl2SiZr-2. The fourth-order valence-corrected chi connectivity index (χ4v) is 38.4. The van der Waals surface area contributed by atoms with E-state index in [0.717, 1.165) is 25.7 Å². The molecule has 0 spiro atoms. The average Bonchev–Trinajstić information content (AvgIpc) is 1.54. The largest absolute Gasteiger partial charge is 1.00 e. The zero-order chi connectivity index (χ0) is 65.8. The van der Waals surface area contributed by atoms with Crippen molar-refractivity contribution in [3.8, 4) is 44.5 Å². The van der Waals surface area contributed by atoms with Crippen LogP contribution in [0.5, 0.6) is 0 Å². The van der Waals surface area contributed by atoms with Crippen LogP contribution in [0, 0.1) is 0 Å². The molecular weight excluding hydrogens is 1340 g/mol. The standard InChI is InChI=1S/2C47H35.2CH3.2ClH.H2Si.Zr/c2*1-2-32(33-14-4-3-5-15-33)26-31-27-44-42(46-38-20-10-6-16-34(38)29-35-17-7-11-21-39(35)46)24-25-43(45(44)28-31)47-40-22-12-8-18-36(40)30-37-19-9-13-23-41(37)47;;;;;;/h2*3-25,27-30,32H,2,26H2,1H3;2*1H3;2*1H;1H2;/p-2. The van der Waals surface area contributed by atoms with E-state index in [4.69, 9.17) is 0 Å². The maximum Gasteiger partial charge on any atom is -1.00 e. The van der Waals surface area contributed by atoms with E-state index in [-0.39, 0.29) is 32.1 Å². The molecule has 0 saturated heterocycles. The van der Waals surface area contributed by atoms with Gasteiger partial charge >= 0.3 is 583 Å². The van der Waals surface area contributed by atoms with Crippen molar-refractivity contribution in [3.63, 3.8) is 0 Å². The number of allylic oxidation sites excluding steroid dienone is 2. The predicted octanol–water partition coefficient (Wildman–Crippen LogP) is 20.7. The van der Waals surface area contributed by atoms with Crippen molar-refractivity contribution < 1.29 is 42.2 Å². The van der Waals surface area contributed by atoms with Gasteiger partial charge in [-0.1, -0.05) is 0 Å². The van der Waals surface area contributed by atoms with E-state index >= 15 is 0 Å². The summed E-state index contributed by atoms with van der Waals surface area (Å²) in [5.41, 5.74) is 22.6. The topological polar surface area (TPSA) is 0 Å². The average molecular weight is 1420 g/mol. The van der Waals surface area contributed by atoms with Crippen LogP contribution in [0.4, 0.5) is 0 Å². The van der Waals surface area contributed by atoms with Gasteiger partial charge in [-0.2, -0.15) is 0 Å². The molecule has 0 nitrogen and oxygen atoms in total. The van der Waals surface area contributed by atoms with Gasteiger partial charge in [0.25, 0.3) is 0 Å². The van der Waals surface area contributed by atoms with Crippen LogP contribution in [0.2, 0.25) is 9.26 Å². The number of halogens is 2. The second-order valence-electron chi connectivity index (χ2n) is 29.4. The third-order valence-electron chi connectivity index (χ3n) is 23.1. The number of rotatable bonds is 14. The molecule has 0 aromatic heterocycles. The van der Waals surface area contributed by atoms with Crippen LogP contribution < -0.4 is 24.8 Å². The Morgan fingerprint density at radius 3 is 0.760 bits per heavy atom. The molecule has 0 fully saturated rings. The van der Waals surface area contributed by atoms with Gasteiger partial charge in [0.15, 0.2) is 0 Å². The molecule has 0 saturated carbocycles. The Balaban J connectivity index is 0.00000389. The summed E-state index contributed by atoms with van der Waals surface area (Å²) < 4.78 is 6.13. The van der Waals surface area contributed by atoms with Crippen molar-refractivity contribution >= 4 is 105 Å². The zero-order valence-corrected chi connectivity index (χ0v) is 62.5.